The van der Waals surface area contributed by atoms with Crippen molar-refractivity contribution in [3.8, 4) is 5.75 Å². The number of amides is 2. The highest BCUT2D eigenvalue weighted by Gasteiger charge is 2.30. The first kappa shape index (κ1) is 19.3. The van der Waals surface area contributed by atoms with Gasteiger partial charge in [0.15, 0.2) is 0 Å². The van der Waals surface area contributed by atoms with E-state index >= 15 is 0 Å². The van der Waals surface area contributed by atoms with Gasteiger partial charge in [0.2, 0.25) is 0 Å². The quantitative estimate of drug-likeness (QED) is 0.722. The summed E-state index contributed by atoms with van der Waals surface area (Å²) in [6.07, 6.45) is 1.43. The van der Waals surface area contributed by atoms with Crippen LogP contribution in [0.25, 0.3) is 0 Å². The molecule has 2 unspecified atom stereocenters. The van der Waals surface area contributed by atoms with Crippen LogP contribution in [0.5, 0.6) is 5.75 Å². The van der Waals surface area contributed by atoms with Crippen LogP contribution in [0.3, 0.4) is 0 Å². The van der Waals surface area contributed by atoms with Crippen molar-refractivity contribution in [3.63, 3.8) is 0 Å². The van der Waals surface area contributed by atoms with E-state index in [9.17, 15) is 4.79 Å². The highest BCUT2D eigenvalue weighted by molar-refractivity contribution is 5.75. The molecule has 0 aromatic heterocycles. The average molecular weight is 322 g/mol. The van der Waals surface area contributed by atoms with Gasteiger partial charge >= 0.3 is 6.03 Å². The minimum atomic E-state index is -0.207. The Balaban J connectivity index is 2.86. The zero-order chi connectivity index (χ0) is 17.5. The lowest BCUT2D eigenvalue weighted by Crippen LogP contribution is -2.45. The normalized spacial score (nSPS) is 14.0. The van der Waals surface area contributed by atoms with Crippen molar-refractivity contribution in [2.24, 2.45) is 5.41 Å². The molecule has 5 heteroatoms. The van der Waals surface area contributed by atoms with Gasteiger partial charge in [0.1, 0.15) is 5.75 Å². The van der Waals surface area contributed by atoms with Crippen molar-refractivity contribution in [1.82, 2.24) is 10.6 Å². The summed E-state index contributed by atoms with van der Waals surface area (Å²) in [5.74, 6) is 0.765. The van der Waals surface area contributed by atoms with E-state index < -0.39 is 0 Å². The van der Waals surface area contributed by atoms with Gasteiger partial charge in [-0.2, -0.15) is 0 Å². The SMILES string of the molecule is COc1ccccc1C(NC(=O)NC(C)CCCO)C(C)(C)C. The Morgan fingerprint density at radius 3 is 2.48 bits per heavy atom. The number of rotatable bonds is 7. The number of carbonyl (C=O) groups excluding carboxylic acids is 1. The van der Waals surface area contributed by atoms with E-state index in [1.54, 1.807) is 7.11 Å². The first-order valence-corrected chi connectivity index (χ1v) is 8.10. The fraction of sp³-hybridized carbons (Fsp3) is 0.611. The maximum Gasteiger partial charge on any atom is 0.315 e. The van der Waals surface area contributed by atoms with Crippen LogP contribution in [0.2, 0.25) is 0 Å². The molecule has 3 N–H and O–H groups in total. The number of urea groups is 1. The molecule has 0 aliphatic carbocycles. The first-order valence-electron chi connectivity index (χ1n) is 8.10. The van der Waals surface area contributed by atoms with Crippen molar-refractivity contribution in [2.45, 2.75) is 52.6 Å². The van der Waals surface area contributed by atoms with Crippen molar-refractivity contribution < 1.29 is 14.6 Å². The lowest BCUT2D eigenvalue weighted by atomic mass is 9.82. The zero-order valence-electron chi connectivity index (χ0n) is 14.8. The number of nitrogens with one attached hydrogen (secondary N) is 2. The van der Waals surface area contributed by atoms with Crippen LogP contribution in [0, 0.1) is 5.41 Å². The predicted molar refractivity (Wildman–Crippen MR) is 92.6 cm³/mol. The number of para-hydroxylation sites is 1. The molecule has 0 aliphatic rings. The number of hydrogen-bond acceptors (Lipinski definition) is 3. The molecule has 23 heavy (non-hydrogen) atoms. The van der Waals surface area contributed by atoms with Gasteiger partial charge in [-0.1, -0.05) is 39.0 Å². The number of methoxy groups -OCH3 is 1. The molecule has 1 aromatic rings. The first-order chi connectivity index (χ1) is 10.8. The number of aliphatic hydroxyl groups excluding tert-OH is 1. The highest BCUT2D eigenvalue weighted by Crippen LogP contribution is 2.37. The molecule has 0 aliphatic heterocycles. The molecule has 1 aromatic carbocycles. The summed E-state index contributed by atoms with van der Waals surface area (Å²) in [6.45, 7) is 8.32. The monoisotopic (exact) mass is 322 g/mol. The minimum absolute atomic E-state index is 0.0143. The Labute approximate surface area is 139 Å². The largest absolute Gasteiger partial charge is 0.496 e. The summed E-state index contributed by atoms with van der Waals surface area (Å²) in [5.41, 5.74) is 0.793. The molecular weight excluding hydrogens is 292 g/mol. The maximum absolute atomic E-state index is 12.3. The second-order valence-electron chi connectivity index (χ2n) is 6.93. The lowest BCUT2D eigenvalue weighted by molar-refractivity contribution is 0.212. The summed E-state index contributed by atoms with van der Waals surface area (Å²) in [4.78, 5) is 12.3. The van der Waals surface area contributed by atoms with Crippen LogP contribution < -0.4 is 15.4 Å². The Hall–Kier alpha value is -1.75. The number of ether oxygens (including phenoxy) is 1. The lowest BCUT2D eigenvalue weighted by Gasteiger charge is -2.33. The van der Waals surface area contributed by atoms with E-state index in [2.05, 4.69) is 31.4 Å². The van der Waals surface area contributed by atoms with Gasteiger partial charge < -0.3 is 20.5 Å². The Morgan fingerprint density at radius 2 is 1.91 bits per heavy atom. The van der Waals surface area contributed by atoms with E-state index in [1.807, 2.05) is 31.2 Å². The van der Waals surface area contributed by atoms with Gasteiger partial charge in [0, 0.05) is 18.2 Å². The third kappa shape index (κ3) is 6.10. The van der Waals surface area contributed by atoms with Crippen LogP contribution in [-0.2, 0) is 0 Å². The molecule has 2 atom stereocenters. The predicted octanol–water partition coefficient (Wildman–Crippen LogP) is 3.24. The van der Waals surface area contributed by atoms with E-state index in [-0.39, 0.29) is 30.1 Å². The van der Waals surface area contributed by atoms with Gasteiger partial charge in [-0.05, 0) is 31.2 Å². The standard InChI is InChI=1S/C18H30N2O3/c1-13(9-8-12-21)19-17(22)20-16(18(2,3)4)14-10-6-7-11-15(14)23-5/h6-7,10-11,13,16,21H,8-9,12H2,1-5H3,(H2,19,20,22). The van der Waals surface area contributed by atoms with E-state index in [0.29, 0.717) is 6.42 Å². The number of benzene rings is 1. The molecule has 130 valence electrons. The van der Waals surface area contributed by atoms with E-state index in [0.717, 1.165) is 17.7 Å². The fourth-order valence-corrected chi connectivity index (χ4v) is 2.53. The molecule has 0 spiro atoms. The van der Waals surface area contributed by atoms with Crippen LogP contribution in [0.1, 0.15) is 52.1 Å². The molecule has 0 fully saturated rings. The number of aliphatic hydroxyl groups is 1. The van der Waals surface area contributed by atoms with Crippen molar-refractivity contribution in [3.05, 3.63) is 29.8 Å². The summed E-state index contributed by atoms with van der Waals surface area (Å²) < 4.78 is 5.44. The highest BCUT2D eigenvalue weighted by atomic mass is 16.5. The molecule has 5 nitrogen and oxygen atoms in total. The molecule has 0 saturated heterocycles. The van der Waals surface area contributed by atoms with E-state index in [1.165, 1.54) is 0 Å². The van der Waals surface area contributed by atoms with E-state index in [4.69, 9.17) is 9.84 Å². The molecule has 0 bridgehead atoms. The molecule has 0 heterocycles. The van der Waals surface area contributed by atoms with Crippen LogP contribution >= 0.6 is 0 Å². The fourth-order valence-electron chi connectivity index (χ4n) is 2.53. The Bertz CT molecular complexity index is 497. The number of carbonyl (C=O) groups is 1. The minimum Gasteiger partial charge on any atom is -0.496 e. The Morgan fingerprint density at radius 1 is 1.26 bits per heavy atom. The van der Waals surface area contributed by atoms with Crippen molar-refractivity contribution >= 4 is 6.03 Å². The summed E-state index contributed by atoms with van der Waals surface area (Å²) >= 11 is 0. The maximum atomic E-state index is 12.3. The Kier molecular flexibility index (Phi) is 7.36. The average Bonchev–Trinajstić information content (AvgIpc) is 2.49. The molecule has 0 saturated carbocycles. The van der Waals surface area contributed by atoms with Gasteiger partial charge in [-0.15, -0.1) is 0 Å². The summed E-state index contributed by atoms with van der Waals surface area (Å²) in [7, 11) is 1.63. The van der Waals surface area contributed by atoms with Gasteiger partial charge in [-0.3, -0.25) is 0 Å². The summed E-state index contributed by atoms with van der Waals surface area (Å²) in [5, 5.41) is 14.9. The van der Waals surface area contributed by atoms with Gasteiger partial charge in [-0.25, -0.2) is 4.79 Å². The zero-order valence-corrected chi connectivity index (χ0v) is 14.8. The molecule has 2 amide bonds. The molecule has 1 rings (SSSR count). The second kappa shape index (κ2) is 8.77. The molecule has 0 radical (unpaired) electrons. The number of hydrogen-bond donors (Lipinski definition) is 3. The van der Waals surface area contributed by atoms with Crippen LogP contribution in [0.4, 0.5) is 4.79 Å². The topological polar surface area (TPSA) is 70.6 Å². The third-order valence-electron chi connectivity index (χ3n) is 3.76. The van der Waals surface area contributed by atoms with Crippen molar-refractivity contribution in [1.29, 1.82) is 0 Å². The smallest absolute Gasteiger partial charge is 0.315 e. The van der Waals surface area contributed by atoms with Crippen molar-refractivity contribution in [2.75, 3.05) is 13.7 Å². The van der Waals surface area contributed by atoms with Gasteiger partial charge in [0.05, 0.1) is 13.2 Å². The molecular formula is C18H30N2O3. The van der Waals surface area contributed by atoms with Crippen LogP contribution in [0.15, 0.2) is 24.3 Å². The third-order valence-corrected chi connectivity index (χ3v) is 3.76. The van der Waals surface area contributed by atoms with Gasteiger partial charge in [0.25, 0.3) is 0 Å². The van der Waals surface area contributed by atoms with Crippen LogP contribution in [-0.4, -0.2) is 30.9 Å². The summed E-state index contributed by atoms with van der Waals surface area (Å²) in [6, 6.07) is 7.37. The second-order valence-corrected chi connectivity index (χ2v) is 6.93.